The molecule has 1 saturated heterocycles. The Labute approximate surface area is 180 Å². The van der Waals surface area contributed by atoms with E-state index in [2.05, 4.69) is 29.6 Å². The number of fused-ring (bicyclic) bond motifs is 4. The van der Waals surface area contributed by atoms with Gasteiger partial charge in [-0.3, -0.25) is 9.59 Å². The van der Waals surface area contributed by atoms with E-state index in [0.717, 1.165) is 22.3 Å². The number of hydrogen-bond acceptors (Lipinski definition) is 4. The maximum absolute atomic E-state index is 12.6. The number of carbonyl (C=O) groups excluding carboxylic acids is 2. The predicted molar refractivity (Wildman–Crippen MR) is 112 cm³/mol. The molecule has 2 amide bonds. The van der Waals surface area contributed by atoms with E-state index < -0.39 is 18.1 Å². The standard InChI is InChI=1S/C24H24N2O5/c1-13(22(27)26-10-18-19(11-26)21(18)23(28)29)25-24(30)31-12-20-16-8-4-2-6-14(16)15-7-3-5-9-17(15)20/h2-9,13,18-21H,10-12H2,1H3,(H,25,30)(H,28,29)/t13-,18?,19?,21?/m0/s1. The van der Waals surface area contributed by atoms with Crippen molar-refractivity contribution in [3.63, 3.8) is 0 Å². The molecule has 1 aliphatic heterocycles. The van der Waals surface area contributed by atoms with E-state index in [4.69, 9.17) is 9.84 Å². The number of carbonyl (C=O) groups is 3. The number of ether oxygens (including phenoxy) is 1. The molecule has 2 N–H and O–H groups in total. The molecule has 3 atom stereocenters. The number of hydrogen-bond donors (Lipinski definition) is 2. The number of rotatable bonds is 5. The summed E-state index contributed by atoms with van der Waals surface area (Å²) in [6.45, 7) is 2.70. The van der Waals surface area contributed by atoms with Crippen molar-refractivity contribution in [2.45, 2.75) is 18.9 Å². The third-order valence-electron chi connectivity index (χ3n) is 6.84. The number of nitrogens with one attached hydrogen (secondary N) is 1. The van der Waals surface area contributed by atoms with Gasteiger partial charge in [-0.25, -0.2) is 4.79 Å². The molecule has 0 bridgehead atoms. The minimum atomic E-state index is -0.785. The van der Waals surface area contributed by atoms with Gasteiger partial charge in [0.1, 0.15) is 12.6 Å². The fourth-order valence-corrected chi connectivity index (χ4v) is 5.23. The first-order valence-electron chi connectivity index (χ1n) is 10.6. The summed E-state index contributed by atoms with van der Waals surface area (Å²) >= 11 is 0. The molecule has 1 saturated carbocycles. The molecule has 7 nitrogen and oxygen atoms in total. The topological polar surface area (TPSA) is 95.9 Å². The Morgan fingerprint density at radius 2 is 1.58 bits per heavy atom. The van der Waals surface area contributed by atoms with Gasteiger partial charge in [0.2, 0.25) is 5.91 Å². The van der Waals surface area contributed by atoms with Crippen molar-refractivity contribution >= 4 is 18.0 Å². The highest BCUT2D eigenvalue weighted by molar-refractivity contribution is 5.86. The molecule has 2 aromatic carbocycles. The monoisotopic (exact) mass is 420 g/mol. The number of nitrogens with zero attached hydrogens (tertiary/aromatic N) is 1. The highest BCUT2D eigenvalue weighted by Gasteiger charge is 2.60. The van der Waals surface area contributed by atoms with Crippen LogP contribution < -0.4 is 5.32 Å². The van der Waals surface area contributed by atoms with E-state index in [1.54, 1.807) is 11.8 Å². The smallest absolute Gasteiger partial charge is 0.407 e. The van der Waals surface area contributed by atoms with Gasteiger partial charge in [0.05, 0.1) is 5.92 Å². The summed E-state index contributed by atoms with van der Waals surface area (Å²) in [6.07, 6.45) is -0.629. The van der Waals surface area contributed by atoms with Crippen LogP contribution in [-0.2, 0) is 14.3 Å². The third kappa shape index (κ3) is 3.34. The van der Waals surface area contributed by atoms with Crippen molar-refractivity contribution in [2.75, 3.05) is 19.7 Å². The van der Waals surface area contributed by atoms with Crippen molar-refractivity contribution in [3.05, 3.63) is 59.7 Å². The van der Waals surface area contributed by atoms with Crippen molar-refractivity contribution in [1.29, 1.82) is 0 Å². The number of benzene rings is 2. The van der Waals surface area contributed by atoms with Gasteiger partial charge in [-0.15, -0.1) is 0 Å². The van der Waals surface area contributed by atoms with Gasteiger partial charge < -0.3 is 20.1 Å². The zero-order chi connectivity index (χ0) is 21.7. The lowest BCUT2D eigenvalue weighted by Crippen LogP contribution is -2.47. The van der Waals surface area contributed by atoms with Gasteiger partial charge in [0, 0.05) is 19.0 Å². The van der Waals surface area contributed by atoms with Crippen LogP contribution in [0.15, 0.2) is 48.5 Å². The molecule has 31 heavy (non-hydrogen) atoms. The average Bonchev–Trinajstić information content (AvgIpc) is 3.13. The summed E-state index contributed by atoms with van der Waals surface area (Å²) in [5, 5.41) is 11.7. The van der Waals surface area contributed by atoms with Gasteiger partial charge in [-0.2, -0.15) is 0 Å². The first-order chi connectivity index (χ1) is 15.0. The number of alkyl carbamates (subject to hydrolysis) is 1. The molecule has 5 rings (SSSR count). The number of amides is 2. The second-order valence-corrected chi connectivity index (χ2v) is 8.63. The van der Waals surface area contributed by atoms with Crippen LogP contribution in [0.5, 0.6) is 0 Å². The van der Waals surface area contributed by atoms with Gasteiger partial charge in [-0.05, 0) is 41.0 Å². The summed E-state index contributed by atoms with van der Waals surface area (Å²) < 4.78 is 5.50. The first kappa shape index (κ1) is 19.6. The Morgan fingerprint density at radius 1 is 1.03 bits per heavy atom. The molecule has 160 valence electrons. The van der Waals surface area contributed by atoms with Crippen molar-refractivity contribution in [2.24, 2.45) is 17.8 Å². The quantitative estimate of drug-likeness (QED) is 0.775. The van der Waals surface area contributed by atoms with Crippen LogP contribution in [0.2, 0.25) is 0 Å². The highest BCUT2D eigenvalue weighted by Crippen LogP contribution is 2.51. The lowest BCUT2D eigenvalue weighted by molar-refractivity contribution is -0.141. The maximum Gasteiger partial charge on any atom is 0.407 e. The molecule has 3 aliphatic rings. The van der Waals surface area contributed by atoms with Crippen LogP contribution in [0.4, 0.5) is 4.79 Å². The van der Waals surface area contributed by atoms with Crippen molar-refractivity contribution in [3.8, 4) is 11.1 Å². The summed E-state index contributed by atoms with van der Waals surface area (Å²) in [5.74, 6) is -1.26. The summed E-state index contributed by atoms with van der Waals surface area (Å²) in [6, 6.07) is 15.5. The Balaban J connectivity index is 1.17. The first-order valence-corrected chi connectivity index (χ1v) is 10.6. The van der Waals surface area contributed by atoms with Crippen molar-refractivity contribution < 1.29 is 24.2 Å². The van der Waals surface area contributed by atoms with Gasteiger partial charge in [-0.1, -0.05) is 48.5 Å². The molecule has 2 unspecified atom stereocenters. The van der Waals surface area contributed by atoms with E-state index in [9.17, 15) is 14.4 Å². The minimum Gasteiger partial charge on any atom is -0.481 e. The molecule has 0 radical (unpaired) electrons. The Bertz CT molecular complexity index is 1010. The van der Waals surface area contributed by atoms with E-state index in [0.29, 0.717) is 13.1 Å². The Hall–Kier alpha value is -3.35. The van der Waals surface area contributed by atoms with Gasteiger partial charge in [0.25, 0.3) is 0 Å². The predicted octanol–water partition coefficient (Wildman–Crippen LogP) is 2.70. The SMILES string of the molecule is C[C@H](NC(=O)OCC1c2ccccc2-c2ccccc21)C(=O)N1CC2C(C1)C2C(=O)O. The van der Waals surface area contributed by atoms with E-state index >= 15 is 0 Å². The largest absolute Gasteiger partial charge is 0.481 e. The van der Waals surface area contributed by atoms with Crippen LogP contribution in [0.25, 0.3) is 11.1 Å². The average molecular weight is 420 g/mol. The normalized spacial score (nSPS) is 24.0. The second kappa shape index (κ2) is 7.41. The lowest BCUT2D eigenvalue weighted by atomic mass is 9.98. The summed E-state index contributed by atoms with van der Waals surface area (Å²) in [4.78, 5) is 37.7. The molecular formula is C24H24N2O5. The number of aliphatic carboxylic acids is 1. The van der Waals surface area contributed by atoms with Crippen LogP contribution in [0.3, 0.4) is 0 Å². The molecule has 2 aromatic rings. The summed E-state index contributed by atoms with van der Waals surface area (Å²) in [5.41, 5.74) is 4.57. The molecule has 0 aromatic heterocycles. The number of carboxylic acids is 1. The zero-order valence-corrected chi connectivity index (χ0v) is 17.2. The van der Waals surface area contributed by atoms with Gasteiger partial charge >= 0.3 is 12.1 Å². The van der Waals surface area contributed by atoms with E-state index in [1.807, 2.05) is 24.3 Å². The van der Waals surface area contributed by atoms with Gasteiger partial charge in [0.15, 0.2) is 0 Å². The molecular weight excluding hydrogens is 396 g/mol. The highest BCUT2D eigenvalue weighted by atomic mass is 16.5. The van der Waals surface area contributed by atoms with Crippen LogP contribution in [0, 0.1) is 17.8 Å². The summed E-state index contributed by atoms with van der Waals surface area (Å²) in [7, 11) is 0. The molecule has 2 aliphatic carbocycles. The maximum atomic E-state index is 12.6. The molecule has 7 heteroatoms. The third-order valence-corrected chi connectivity index (χ3v) is 6.84. The second-order valence-electron chi connectivity index (χ2n) is 8.63. The number of piperidine rings is 1. The number of carboxylic acid groups (broad SMARTS) is 1. The molecule has 1 heterocycles. The van der Waals surface area contributed by atoms with Crippen LogP contribution in [0.1, 0.15) is 24.0 Å². The Morgan fingerprint density at radius 3 is 2.13 bits per heavy atom. The Kier molecular flexibility index (Phi) is 4.68. The van der Waals surface area contributed by atoms with Crippen LogP contribution in [-0.4, -0.2) is 53.7 Å². The minimum absolute atomic E-state index is 0.0391. The fraction of sp³-hybridized carbons (Fsp3) is 0.375. The van der Waals surface area contributed by atoms with E-state index in [-0.39, 0.29) is 36.2 Å². The van der Waals surface area contributed by atoms with Crippen LogP contribution >= 0.6 is 0 Å². The van der Waals surface area contributed by atoms with Crippen molar-refractivity contribution in [1.82, 2.24) is 10.2 Å². The molecule has 0 spiro atoms. The fourth-order valence-electron chi connectivity index (χ4n) is 5.23. The zero-order valence-electron chi connectivity index (χ0n) is 17.2. The van der Waals surface area contributed by atoms with E-state index in [1.165, 1.54) is 0 Å². The number of likely N-dealkylation sites (tertiary alicyclic amines) is 1. The lowest BCUT2D eigenvalue weighted by Gasteiger charge is -2.23. The molecule has 2 fully saturated rings.